The summed E-state index contributed by atoms with van der Waals surface area (Å²) in [7, 11) is 0. The van der Waals surface area contributed by atoms with Crippen molar-refractivity contribution in [1.82, 2.24) is 5.32 Å². The molecule has 19 heavy (non-hydrogen) atoms. The van der Waals surface area contributed by atoms with Gasteiger partial charge < -0.3 is 10.4 Å². The van der Waals surface area contributed by atoms with Gasteiger partial charge in [0, 0.05) is 12.0 Å². The van der Waals surface area contributed by atoms with E-state index in [1.807, 2.05) is 0 Å². The van der Waals surface area contributed by atoms with Gasteiger partial charge in [-0.1, -0.05) is 0 Å². The molecule has 0 heterocycles. The lowest BCUT2D eigenvalue weighted by atomic mass is 9.71. The molecule has 4 heteroatoms. The summed E-state index contributed by atoms with van der Waals surface area (Å²) >= 11 is 0. The van der Waals surface area contributed by atoms with E-state index in [-0.39, 0.29) is 23.8 Å². The average molecular weight is 263 g/mol. The average Bonchev–Trinajstić information content (AvgIpc) is 2.82. The third-order valence-corrected chi connectivity index (χ3v) is 6.11. The van der Waals surface area contributed by atoms with Gasteiger partial charge in [0.25, 0.3) is 0 Å². The van der Waals surface area contributed by atoms with Gasteiger partial charge >= 0.3 is 5.97 Å². The predicted octanol–water partition coefficient (Wildman–Crippen LogP) is 1.65. The Labute approximate surface area is 112 Å². The van der Waals surface area contributed by atoms with Crippen LogP contribution >= 0.6 is 0 Å². The Kier molecular flexibility index (Phi) is 2.45. The van der Waals surface area contributed by atoms with Crippen molar-refractivity contribution in [2.75, 3.05) is 0 Å². The number of carboxylic acids is 1. The van der Waals surface area contributed by atoms with Crippen LogP contribution in [0, 0.1) is 35.5 Å². The molecule has 0 aromatic heterocycles. The van der Waals surface area contributed by atoms with Crippen LogP contribution in [0.25, 0.3) is 0 Å². The van der Waals surface area contributed by atoms with Crippen LogP contribution in [0.5, 0.6) is 0 Å². The van der Waals surface area contributed by atoms with Crippen molar-refractivity contribution in [3.63, 3.8) is 0 Å². The molecule has 4 nitrogen and oxygen atoms in total. The number of carboxylic acid groups (broad SMARTS) is 1. The molecule has 4 aliphatic carbocycles. The smallest absolute Gasteiger partial charge is 0.306 e. The number of aliphatic carboxylic acids is 1. The second-order valence-electron chi connectivity index (χ2n) is 7.21. The van der Waals surface area contributed by atoms with Gasteiger partial charge in [0.1, 0.15) is 0 Å². The Morgan fingerprint density at radius 1 is 0.842 bits per heavy atom. The number of carbonyl (C=O) groups excluding carboxylic acids is 1. The summed E-state index contributed by atoms with van der Waals surface area (Å²) in [5.41, 5.74) is 0. The Balaban J connectivity index is 1.30. The monoisotopic (exact) mass is 263 g/mol. The lowest BCUT2D eigenvalue weighted by molar-refractivity contribution is -0.141. The van der Waals surface area contributed by atoms with Crippen LogP contribution in [0.15, 0.2) is 0 Å². The van der Waals surface area contributed by atoms with E-state index in [4.69, 9.17) is 5.11 Å². The summed E-state index contributed by atoms with van der Waals surface area (Å²) in [6, 6.07) is 0.263. The normalized spacial score (nSPS) is 50.0. The molecule has 0 aromatic carbocycles. The molecule has 0 radical (unpaired) electrons. The van der Waals surface area contributed by atoms with Crippen LogP contribution in [0.4, 0.5) is 0 Å². The highest BCUT2D eigenvalue weighted by Gasteiger charge is 2.52. The fourth-order valence-corrected chi connectivity index (χ4v) is 4.82. The number of amides is 1. The van der Waals surface area contributed by atoms with Crippen LogP contribution < -0.4 is 5.32 Å². The molecule has 0 aliphatic heterocycles. The second-order valence-corrected chi connectivity index (χ2v) is 7.21. The first-order valence-electron chi connectivity index (χ1n) is 7.65. The third kappa shape index (κ3) is 1.87. The van der Waals surface area contributed by atoms with Crippen molar-refractivity contribution in [2.45, 2.75) is 44.6 Å². The maximum Gasteiger partial charge on any atom is 0.306 e. The minimum absolute atomic E-state index is 0.170. The second kappa shape index (κ2) is 3.97. The van der Waals surface area contributed by atoms with Gasteiger partial charge in [-0.25, -0.2) is 0 Å². The molecule has 0 saturated heterocycles. The van der Waals surface area contributed by atoms with Gasteiger partial charge in [-0.2, -0.15) is 0 Å². The zero-order chi connectivity index (χ0) is 13.1. The summed E-state index contributed by atoms with van der Waals surface area (Å²) in [5, 5.41) is 12.3. The largest absolute Gasteiger partial charge is 0.481 e. The van der Waals surface area contributed by atoms with Crippen LogP contribution in [-0.4, -0.2) is 23.0 Å². The maximum absolute atomic E-state index is 12.2. The summed E-state index contributed by atoms with van der Waals surface area (Å²) in [6.45, 7) is 0. The summed E-state index contributed by atoms with van der Waals surface area (Å²) in [4.78, 5) is 23.2. The molecule has 0 aromatic rings. The van der Waals surface area contributed by atoms with Gasteiger partial charge in [-0.15, -0.1) is 0 Å². The lowest BCUT2D eigenvalue weighted by Gasteiger charge is -2.41. The molecule has 7 atom stereocenters. The van der Waals surface area contributed by atoms with Crippen molar-refractivity contribution in [3.8, 4) is 0 Å². The first kappa shape index (κ1) is 11.7. The maximum atomic E-state index is 12.2. The fourth-order valence-electron chi connectivity index (χ4n) is 4.82. The Morgan fingerprint density at radius 2 is 1.53 bits per heavy atom. The Hall–Kier alpha value is -1.06. The highest BCUT2D eigenvalue weighted by atomic mass is 16.4. The van der Waals surface area contributed by atoms with Crippen LogP contribution in [0.3, 0.4) is 0 Å². The van der Waals surface area contributed by atoms with Crippen molar-refractivity contribution in [3.05, 3.63) is 0 Å². The minimum Gasteiger partial charge on any atom is -0.481 e. The molecule has 4 saturated carbocycles. The number of hydrogen-bond donors (Lipinski definition) is 2. The highest BCUT2D eigenvalue weighted by molar-refractivity contribution is 5.79. The summed E-state index contributed by atoms with van der Waals surface area (Å²) in [6.07, 6.45) is 6.11. The summed E-state index contributed by atoms with van der Waals surface area (Å²) in [5.74, 6) is 2.32. The number of hydrogen-bond acceptors (Lipinski definition) is 2. The van der Waals surface area contributed by atoms with Crippen molar-refractivity contribution < 1.29 is 14.7 Å². The molecule has 0 spiro atoms. The van der Waals surface area contributed by atoms with E-state index in [1.54, 1.807) is 0 Å². The van der Waals surface area contributed by atoms with Crippen molar-refractivity contribution in [2.24, 2.45) is 35.5 Å². The lowest BCUT2D eigenvalue weighted by Crippen LogP contribution is -2.51. The van der Waals surface area contributed by atoms with E-state index in [9.17, 15) is 9.59 Å². The predicted molar refractivity (Wildman–Crippen MR) is 68.2 cm³/mol. The van der Waals surface area contributed by atoms with Gasteiger partial charge in [0.15, 0.2) is 0 Å². The Bertz CT molecular complexity index is 425. The van der Waals surface area contributed by atoms with E-state index in [0.29, 0.717) is 11.8 Å². The molecule has 2 N–H and O–H groups in total. The van der Waals surface area contributed by atoms with E-state index in [0.717, 1.165) is 43.9 Å². The van der Waals surface area contributed by atoms with Gasteiger partial charge in [0.2, 0.25) is 5.91 Å². The topological polar surface area (TPSA) is 66.4 Å². The quantitative estimate of drug-likeness (QED) is 0.813. The molecule has 1 amide bonds. The number of fused-ring (bicyclic) bond motifs is 2. The standard InChI is InChI=1S/C15H21NO3/c17-14(10-2-7-1-8(7)3-10)16-13-6-9-4-11(15(18)19)5-12(9)13/h7-13H,1-6H2,(H,16,17)(H,18,19)/t7-,8+,9-,10?,11?,12-,13+/m1/s1. The highest BCUT2D eigenvalue weighted by Crippen LogP contribution is 2.55. The minimum atomic E-state index is -0.657. The van der Waals surface area contributed by atoms with Crippen LogP contribution in [0.2, 0.25) is 0 Å². The Morgan fingerprint density at radius 3 is 2.21 bits per heavy atom. The van der Waals surface area contributed by atoms with E-state index in [1.165, 1.54) is 6.42 Å². The van der Waals surface area contributed by atoms with E-state index in [2.05, 4.69) is 5.32 Å². The third-order valence-electron chi connectivity index (χ3n) is 6.11. The number of nitrogens with one attached hydrogen (secondary N) is 1. The molecule has 104 valence electrons. The first-order valence-corrected chi connectivity index (χ1v) is 7.65. The van der Waals surface area contributed by atoms with E-state index < -0.39 is 5.97 Å². The summed E-state index contributed by atoms with van der Waals surface area (Å²) < 4.78 is 0. The fraction of sp³-hybridized carbons (Fsp3) is 0.867. The molecular weight excluding hydrogens is 242 g/mol. The molecule has 4 rings (SSSR count). The molecule has 2 unspecified atom stereocenters. The molecule has 4 fully saturated rings. The van der Waals surface area contributed by atoms with E-state index >= 15 is 0 Å². The van der Waals surface area contributed by atoms with Crippen LogP contribution in [0.1, 0.15) is 38.5 Å². The van der Waals surface area contributed by atoms with Crippen molar-refractivity contribution in [1.29, 1.82) is 0 Å². The van der Waals surface area contributed by atoms with Gasteiger partial charge in [-0.05, 0) is 62.2 Å². The van der Waals surface area contributed by atoms with Gasteiger partial charge in [-0.3, -0.25) is 9.59 Å². The molecule has 4 aliphatic rings. The van der Waals surface area contributed by atoms with Crippen molar-refractivity contribution >= 4 is 11.9 Å². The van der Waals surface area contributed by atoms with Gasteiger partial charge in [0.05, 0.1) is 5.92 Å². The molecule has 0 bridgehead atoms. The zero-order valence-electron chi connectivity index (χ0n) is 11.0. The van der Waals surface area contributed by atoms with Crippen LogP contribution in [-0.2, 0) is 9.59 Å². The first-order chi connectivity index (χ1) is 9.11. The zero-order valence-corrected chi connectivity index (χ0v) is 11.0. The number of carbonyl (C=O) groups is 2. The number of rotatable bonds is 3. The molecular formula is C15H21NO3. The SMILES string of the molecule is O=C(O)C1C[C@@H]2C[C@H](NC(=O)C3C[C@@H]4C[C@@H]4C3)[C@@H]2C1.